The van der Waals surface area contributed by atoms with Crippen LogP contribution >= 0.6 is 15.9 Å². The van der Waals surface area contributed by atoms with Gasteiger partial charge in [0.25, 0.3) is 5.91 Å². The van der Waals surface area contributed by atoms with Gasteiger partial charge in [-0.25, -0.2) is 9.18 Å². The van der Waals surface area contributed by atoms with Crippen molar-refractivity contribution in [3.05, 3.63) is 28.5 Å². The fraction of sp³-hybridized carbons (Fsp3) is 0.500. The van der Waals surface area contributed by atoms with Crippen LogP contribution in [0.5, 0.6) is 0 Å². The second-order valence-electron chi connectivity index (χ2n) is 6.64. The SMILES string of the molecule is CCCCCCC1(C)NC(=O)N(CC(=O)Nc2ccc(Br)cc2F)C1=O. The highest BCUT2D eigenvalue weighted by molar-refractivity contribution is 9.10. The van der Waals surface area contributed by atoms with E-state index in [4.69, 9.17) is 0 Å². The lowest BCUT2D eigenvalue weighted by atomic mass is 9.94. The molecule has 1 heterocycles. The third kappa shape index (κ3) is 4.81. The summed E-state index contributed by atoms with van der Waals surface area (Å²) in [5.74, 6) is -1.67. The number of benzene rings is 1. The van der Waals surface area contributed by atoms with Crippen LogP contribution in [0.15, 0.2) is 22.7 Å². The Hall–Kier alpha value is -1.96. The number of urea groups is 1. The fourth-order valence-electron chi connectivity index (χ4n) is 2.89. The van der Waals surface area contributed by atoms with Crippen LogP contribution < -0.4 is 10.6 Å². The molecule has 1 fully saturated rings. The van der Waals surface area contributed by atoms with E-state index in [9.17, 15) is 18.8 Å². The van der Waals surface area contributed by atoms with Crippen LogP contribution in [0.25, 0.3) is 0 Å². The second kappa shape index (κ2) is 8.62. The number of halogens is 2. The molecule has 6 nitrogen and oxygen atoms in total. The summed E-state index contributed by atoms with van der Waals surface area (Å²) in [5, 5.41) is 5.06. The molecule has 0 spiro atoms. The molecule has 1 saturated heterocycles. The lowest BCUT2D eigenvalue weighted by Crippen LogP contribution is -2.44. The smallest absolute Gasteiger partial charge is 0.323 e. The molecule has 1 aromatic carbocycles. The van der Waals surface area contributed by atoms with E-state index in [2.05, 4.69) is 33.5 Å². The van der Waals surface area contributed by atoms with Gasteiger partial charge in [-0.1, -0.05) is 48.5 Å². The summed E-state index contributed by atoms with van der Waals surface area (Å²) in [5.41, 5.74) is -0.999. The topological polar surface area (TPSA) is 78.5 Å². The summed E-state index contributed by atoms with van der Waals surface area (Å²) < 4.78 is 14.3. The van der Waals surface area contributed by atoms with E-state index >= 15 is 0 Å². The maximum Gasteiger partial charge on any atom is 0.325 e. The summed E-state index contributed by atoms with van der Waals surface area (Å²) in [6, 6.07) is 3.61. The minimum atomic E-state index is -0.992. The largest absolute Gasteiger partial charge is 0.325 e. The highest BCUT2D eigenvalue weighted by Crippen LogP contribution is 2.24. The lowest BCUT2D eigenvalue weighted by Gasteiger charge is -2.21. The zero-order chi connectivity index (χ0) is 19.3. The molecule has 4 amide bonds. The van der Waals surface area contributed by atoms with Gasteiger partial charge in [0.15, 0.2) is 0 Å². The van der Waals surface area contributed by atoms with Gasteiger partial charge >= 0.3 is 6.03 Å². The summed E-state index contributed by atoms with van der Waals surface area (Å²) in [4.78, 5) is 37.7. The monoisotopic (exact) mass is 427 g/mol. The number of unbranched alkanes of at least 4 members (excludes halogenated alkanes) is 3. The van der Waals surface area contributed by atoms with Crippen molar-refractivity contribution in [3.63, 3.8) is 0 Å². The predicted molar refractivity (Wildman–Crippen MR) is 100 cm³/mol. The number of carbonyl (C=O) groups is 3. The minimum absolute atomic E-state index is 0.00687. The Balaban J connectivity index is 1.97. The third-order valence-electron chi connectivity index (χ3n) is 4.38. The van der Waals surface area contributed by atoms with E-state index in [-0.39, 0.29) is 5.69 Å². The van der Waals surface area contributed by atoms with E-state index in [0.717, 1.165) is 30.6 Å². The Morgan fingerprint density at radius 1 is 1.31 bits per heavy atom. The molecule has 0 aromatic heterocycles. The Labute approximate surface area is 160 Å². The first-order valence-corrected chi connectivity index (χ1v) is 9.45. The Kier molecular flexibility index (Phi) is 6.75. The molecule has 0 aliphatic carbocycles. The average molecular weight is 428 g/mol. The van der Waals surface area contributed by atoms with Crippen molar-refractivity contribution in [2.75, 3.05) is 11.9 Å². The van der Waals surface area contributed by atoms with Crippen LogP contribution in [0.1, 0.15) is 46.0 Å². The minimum Gasteiger partial charge on any atom is -0.323 e. The van der Waals surface area contributed by atoms with Crippen molar-refractivity contribution < 1.29 is 18.8 Å². The first-order chi connectivity index (χ1) is 12.3. The molecule has 2 N–H and O–H groups in total. The summed E-state index contributed by atoms with van der Waals surface area (Å²) in [6.45, 7) is 3.31. The molecule has 1 unspecified atom stereocenters. The normalized spacial score (nSPS) is 19.6. The van der Waals surface area contributed by atoms with Crippen LogP contribution in [0.4, 0.5) is 14.9 Å². The number of imide groups is 1. The van der Waals surface area contributed by atoms with E-state index in [0.29, 0.717) is 10.9 Å². The molecule has 26 heavy (non-hydrogen) atoms. The van der Waals surface area contributed by atoms with Crippen molar-refractivity contribution >= 4 is 39.5 Å². The number of hydrogen-bond donors (Lipinski definition) is 2. The van der Waals surface area contributed by atoms with Gasteiger partial charge in [-0.2, -0.15) is 0 Å². The first kappa shape index (κ1) is 20.4. The van der Waals surface area contributed by atoms with Gasteiger partial charge in [0.05, 0.1) is 5.69 Å². The summed E-state index contributed by atoms with van der Waals surface area (Å²) in [6.07, 6.45) is 4.48. The number of nitrogens with one attached hydrogen (secondary N) is 2. The zero-order valence-electron chi connectivity index (χ0n) is 14.9. The number of anilines is 1. The molecule has 0 bridgehead atoms. The standard InChI is InChI=1S/C18H23BrFN3O3/c1-3-4-5-6-9-18(2)16(25)23(17(26)22-18)11-15(24)21-14-8-7-12(19)10-13(14)20/h7-8,10H,3-6,9,11H2,1-2H3,(H,21,24)(H,22,26). The van der Waals surface area contributed by atoms with Crippen molar-refractivity contribution in [1.29, 1.82) is 0 Å². The van der Waals surface area contributed by atoms with Crippen molar-refractivity contribution in [2.45, 2.75) is 51.5 Å². The second-order valence-corrected chi connectivity index (χ2v) is 7.55. The molecule has 0 radical (unpaired) electrons. The number of carbonyl (C=O) groups excluding carboxylic acids is 3. The maximum absolute atomic E-state index is 13.8. The maximum atomic E-state index is 13.8. The molecular formula is C18H23BrFN3O3. The predicted octanol–water partition coefficient (Wildman–Crippen LogP) is 3.81. The molecule has 1 atom stereocenters. The van der Waals surface area contributed by atoms with Gasteiger partial charge in [0.1, 0.15) is 17.9 Å². The quantitative estimate of drug-likeness (QED) is 0.488. The molecular weight excluding hydrogens is 405 g/mol. The van der Waals surface area contributed by atoms with E-state index in [1.807, 2.05) is 0 Å². The summed E-state index contributed by atoms with van der Waals surface area (Å²) in [7, 11) is 0. The highest BCUT2D eigenvalue weighted by atomic mass is 79.9. The van der Waals surface area contributed by atoms with Crippen molar-refractivity contribution in [2.24, 2.45) is 0 Å². The van der Waals surface area contributed by atoms with Crippen LogP contribution in [0.3, 0.4) is 0 Å². The average Bonchev–Trinajstić information content (AvgIpc) is 2.78. The molecule has 8 heteroatoms. The van der Waals surface area contributed by atoms with E-state index in [1.54, 1.807) is 13.0 Å². The van der Waals surface area contributed by atoms with Crippen LogP contribution in [0.2, 0.25) is 0 Å². The van der Waals surface area contributed by atoms with Gasteiger partial charge in [-0.3, -0.25) is 14.5 Å². The van der Waals surface area contributed by atoms with E-state index < -0.39 is 35.7 Å². The van der Waals surface area contributed by atoms with Gasteiger partial charge in [0, 0.05) is 4.47 Å². The first-order valence-electron chi connectivity index (χ1n) is 8.66. The lowest BCUT2D eigenvalue weighted by molar-refractivity contribution is -0.133. The molecule has 1 aromatic rings. The number of hydrogen-bond acceptors (Lipinski definition) is 3. The van der Waals surface area contributed by atoms with Crippen LogP contribution in [-0.4, -0.2) is 34.8 Å². The number of rotatable bonds is 8. The number of nitrogens with zero attached hydrogens (tertiary/aromatic N) is 1. The van der Waals surface area contributed by atoms with Crippen LogP contribution in [-0.2, 0) is 9.59 Å². The van der Waals surface area contributed by atoms with Gasteiger partial charge < -0.3 is 10.6 Å². The van der Waals surface area contributed by atoms with Crippen molar-refractivity contribution in [1.82, 2.24) is 10.2 Å². The molecule has 0 saturated carbocycles. The molecule has 1 aliphatic heterocycles. The van der Waals surface area contributed by atoms with Gasteiger partial charge in [0.2, 0.25) is 5.91 Å². The molecule has 1 aliphatic rings. The third-order valence-corrected chi connectivity index (χ3v) is 4.88. The fourth-order valence-corrected chi connectivity index (χ4v) is 3.22. The Bertz CT molecular complexity index is 713. The molecule has 142 valence electrons. The highest BCUT2D eigenvalue weighted by Gasteiger charge is 2.47. The van der Waals surface area contributed by atoms with Crippen molar-refractivity contribution in [3.8, 4) is 0 Å². The Morgan fingerprint density at radius 2 is 2.04 bits per heavy atom. The van der Waals surface area contributed by atoms with E-state index in [1.165, 1.54) is 12.1 Å². The number of amides is 4. The molecule has 2 rings (SSSR count). The van der Waals surface area contributed by atoms with Gasteiger partial charge in [-0.05, 0) is 31.5 Å². The van der Waals surface area contributed by atoms with Gasteiger partial charge in [-0.15, -0.1) is 0 Å². The zero-order valence-corrected chi connectivity index (χ0v) is 16.5. The van der Waals surface area contributed by atoms with Crippen LogP contribution in [0, 0.1) is 5.82 Å². The summed E-state index contributed by atoms with van der Waals surface area (Å²) >= 11 is 3.13. The Morgan fingerprint density at radius 3 is 2.69 bits per heavy atom.